The average Bonchev–Trinajstić information content (AvgIpc) is 3.24. The van der Waals surface area contributed by atoms with E-state index in [0.717, 1.165) is 35.2 Å². The molecule has 1 N–H and O–H groups in total. The number of carbonyl (C=O) groups excluding carboxylic acids is 1. The Morgan fingerprint density at radius 2 is 2.08 bits per heavy atom. The van der Waals surface area contributed by atoms with Crippen molar-refractivity contribution in [2.75, 3.05) is 25.1 Å². The van der Waals surface area contributed by atoms with E-state index >= 15 is 0 Å². The van der Waals surface area contributed by atoms with Crippen LogP contribution in [0, 0.1) is 0 Å². The maximum Gasteiger partial charge on any atom is 0.251 e. The van der Waals surface area contributed by atoms with Crippen LogP contribution in [0.2, 0.25) is 0 Å². The average molecular weight is 345 g/mol. The fourth-order valence-corrected chi connectivity index (χ4v) is 3.72. The van der Waals surface area contributed by atoms with Crippen molar-refractivity contribution in [2.24, 2.45) is 0 Å². The second-order valence-electron chi connectivity index (χ2n) is 6.25. The van der Waals surface area contributed by atoms with E-state index in [9.17, 15) is 4.79 Å². The number of nitrogens with one attached hydrogen (secondary N) is 1. The Bertz CT molecular complexity index is 721. The maximum atomic E-state index is 12.3. The molecule has 0 radical (unpaired) electrons. The van der Waals surface area contributed by atoms with Crippen molar-refractivity contribution in [1.29, 1.82) is 0 Å². The number of anilines is 1. The number of amides is 1. The molecule has 1 fully saturated rings. The first-order valence-corrected chi connectivity index (χ1v) is 9.16. The van der Waals surface area contributed by atoms with Crippen LogP contribution in [-0.4, -0.2) is 37.1 Å². The summed E-state index contributed by atoms with van der Waals surface area (Å²) in [6.07, 6.45) is 2.45. The third-order valence-corrected chi connectivity index (χ3v) is 4.93. The molecule has 1 saturated heterocycles. The van der Waals surface area contributed by atoms with Gasteiger partial charge < -0.3 is 15.0 Å². The molecule has 1 aliphatic heterocycles. The van der Waals surface area contributed by atoms with Gasteiger partial charge >= 0.3 is 0 Å². The van der Waals surface area contributed by atoms with Gasteiger partial charge in [0.2, 0.25) is 0 Å². The number of aromatic nitrogens is 1. The Kier molecular flexibility index (Phi) is 5.04. The molecule has 2 heterocycles. The number of benzene rings is 1. The van der Waals surface area contributed by atoms with Crippen molar-refractivity contribution in [1.82, 2.24) is 10.3 Å². The van der Waals surface area contributed by atoms with E-state index < -0.39 is 0 Å². The topological polar surface area (TPSA) is 54.5 Å². The summed E-state index contributed by atoms with van der Waals surface area (Å²) in [7, 11) is 1.64. The molecule has 0 atom stereocenters. The molecule has 0 unspecified atom stereocenters. The number of rotatable bonds is 5. The van der Waals surface area contributed by atoms with Gasteiger partial charge in [-0.3, -0.25) is 4.79 Å². The van der Waals surface area contributed by atoms with Gasteiger partial charge in [0.15, 0.2) is 5.13 Å². The summed E-state index contributed by atoms with van der Waals surface area (Å²) in [6, 6.07) is 5.58. The van der Waals surface area contributed by atoms with Crippen LogP contribution in [-0.2, 0) is 0 Å². The minimum atomic E-state index is -0.0797. The zero-order chi connectivity index (χ0) is 17.1. The fourth-order valence-electron chi connectivity index (χ4n) is 2.84. The highest BCUT2D eigenvalue weighted by molar-refractivity contribution is 7.14. The van der Waals surface area contributed by atoms with Gasteiger partial charge in [0.05, 0.1) is 12.8 Å². The van der Waals surface area contributed by atoms with Crippen LogP contribution in [0.25, 0.3) is 11.3 Å². The molecule has 1 aliphatic rings. The molecule has 0 bridgehead atoms. The Labute approximate surface area is 146 Å². The highest BCUT2D eigenvalue weighted by atomic mass is 32.1. The van der Waals surface area contributed by atoms with Gasteiger partial charge in [-0.15, -0.1) is 11.3 Å². The standard InChI is InChI=1S/C18H23N3O2S/c1-12(2)19-17(22)13-6-7-16(23-3)14(10-13)15-11-24-18(20-15)21-8-4-5-9-21/h6-7,10-12H,4-5,8-9H2,1-3H3,(H,19,22). The zero-order valence-electron chi connectivity index (χ0n) is 14.3. The van der Waals surface area contributed by atoms with Gasteiger partial charge in [0.1, 0.15) is 5.75 Å². The molecular formula is C18H23N3O2S. The van der Waals surface area contributed by atoms with E-state index in [1.807, 2.05) is 31.4 Å². The number of thiazole rings is 1. The summed E-state index contributed by atoms with van der Waals surface area (Å²) in [5.41, 5.74) is 2.34. The molecule has 0 aliphatic carbocycles. The monoisotopic (exact) mass is 345 g/mol. The van der Waals surface area contributed by atoms with Crippen LogP contribution in [0.3, 0.4) is 0 Å². The fraction of sp³-hybridized carbons (Fsp3) is 0.444. The van der Waals surface area contributed by atoms with E-state index in [2.05, 4.69) is 10.2 Å². The van der Waals surface area contributed by atoms with Gasteiger partial charge in [0, 0.05) is 35.6 Å². The minimum absolute atomic E-state index is 0.0797. The van der Waals surface area contributed by atoms with E-state index in [4.69, 9.17) is 9.72 Å². The number of hydrogen-bond acceptors (Lipinski definition) is 5. The third-order valence-electron chi connectivity index (χ3n) is 4.03. The number of hydrogen-bond donors (Lipinski definition) is 1. The summed E-state index contributed by atoms with van der Waals surface area (Å²) >= 11 is 1.64. The summed E-state index contributed by atoms with van der Waals surface area (Å²) in [5.74, 6) is 0.651. The van der Waals surface area contributed by atoms with E-state index in [0.29, 0.717) is 5.56 Å². The largest absolute Gasteiger partial charge is 0.496 e. The van der Waals surface area contributed by atoms with Gasteiger partial charge in [-0.05, 0) is 44.9 Å². The van der Waals surface area contributed by atoms with Gasteiger partial charge in [-0.25, -0.2) is 4.98 Å². The molecule has 6 heteroatoms. The molecule has 5 nitrogen and oxygen atoms in total. The molecule has 1 amide bonds. The second kappa shape index (κ2) is 7.21. The lowest BCUT2D eigenvalue weighted by molar-refractivity contribution is 0.0943. The van der Waals surface area contributed by atoms with Crippen LogP contribution in [0.1, 0.15) is 37.0 Å². The Morgan fingerprint density at radius 3 is 2.75 bits per heavy atom. The lowest BCUT2D eigenvalue weighted by Crippen LogP contribution is -2.30. The highest BCUT2D eigenvalue weighted by Gasteiger charge is 2.18. The summed E-state index contributed by atoms with van der Waals surface area (Å²) in [4.78, 5) is 19.4. The van der Waals surface area contributed by atoms with Gasteiger partial charge in [-0.1, -0.05) is 0 Å². The van der Waals surface area contributed by atoms with Crippen LogP contribution in [0.5, 0.6) is 5.75 Å². The predicted octanol–water partition coefficient (Wildman–Crippen LogP) is 3.56. The SMILES string of the molecule is COc1ccc(C(=O)NC(C)C)cc1-c1csc(N2CCCC2)n1. The summed E-state index contributed by atoms with van der Waals surface area (Å²) in [5, 5.41) is 6.00. The number of nitrogens with zero attached hydrogens (tertiary/aromatic N) is 2. The van der Waals surface area contributed by atoms with Crippen LogP contribution < -0.4 is 15.0 Å². The van der Waals surface area contributed by atoms with Crippen molar-refractivity contribution < 1.29 is 9.53 Å². The van der Waals surface area contributed by atoms with Crippen LogP contribution >= 0.6 is 11.3 Å². The Morgan fingerprint density at radius 1 is 1.33 bits per heavy atom. The van der Waals surface area contributed by atoms with Crippen LogP contribution in [0.4, 0.5) is 5.13 Å². The van der Waals surface area contributed by atoms with Crippen molar-refractivity contribution in [3.63, 3.8) is 0 Å². The molecule has 0 spiro atoms. The lowest BCUT2D eigenvalue weighted by Gasteiger charge is -2.13. The first-order valence-electron chi connectivity index (χ1n) is 8.28. The van der Waals surface area contributed by atoms with E-state index in [-0.39, 0.29) is 11.9 Å². The van der Waals surface area contributed by atoms with E-state index in [1.54, 1.807) is 24.5 Å². The lowest BCUT2D eigenvalue weighted by atomic mass is 10.1. The Hall–Kier alpha value is -2.08. The van der Waals surface area contributed by atoms with Crippen LogP contribution in [0.15, 0.2) is 23.6 Å². The number of ether oxygens (including phenoxy) is 1. The Balaban J connectivity index is 1.92. The molecule has 128 valence electrons. The zero-order valence-corrected chi connectivity index (χ0v) is 15.2. The van der Waals surface area contributed by atoms with Gasteiger partial charge in [0.25, 0.3) is 5.91 Å². The molecule has 24 heavy (non-hydrogen) atoms. The van der Waals surface area contributed by atoms with Crippen molar-refractivity contribution >= 4 is 22.4 Å². The first kappa shape index (κ1) is 16.8. The minimum Gasteiger partial charge on any atom is -0.496 e. The van der Waals surface area contributed by atoms with Crippen molar-refractivity contribution in [3.8, 4) is 17.0 Å². The van der Waals surface area contributed by atoms with E-state index in [1.165, 1.54) is 12.8 Å². The molecule has 1 aromatic carbocycles. The smallest absolute Gasteiger partial charge is 0.251 e. The second-order valence-corrected chi connectivity index (χ2v) is 7.09. The molecule has 0 saturated carbocycles. The maximum absolute atomic E-state index is 12.3. The summed E-state index contributed by atoms with van der Waals surface area (Å²) < 4.78 is 5.47. The molecule has 1 aromatic heterocycles. The molecular weight excluding hydrogens is 322 g/mol. The first-order chi connectivity index (χ1) is 11.6. The molecule has 3 rings (SSSR count). The quantitative estimate of drug-likeness (QED) is 0.900. The summed E-state index contributed by atoms with van der Waals surface area (Å²) in [6.45, 7) is 6.04. The normalized spacial score (nSPS) is 14.2. The number of carbonyl (C=O) groups is 1. The van der Waals surface area contributed by atoms with Crippen molar-refractivity contribution in [3.05, 3.63) is 29.1 Å². The van der Waals surface area contributed by atoms with Gasteiger partial charge in [-0.2, -0.15) is 0 Å². The highest BCUT2D eigenvalue weighted by Crippen LogP contribution is 2.35. The predicted molar refractivity (Wildman–Crippen MR) is 98.2 cm³/mol. The third kappa shape index (κ3) is 3.53. The van der Waals surface area contributed by atoms with Crippen molar-refractivity contribution in [2.45, 2.75) is 32.7 Å². The molecule has 2 aromatic rings. The number of methoxy groups -OCH3 is 1.